The van der Waals surface area contributed by atoms with Crippen molar-refractivity contribution in [3.05, 3.63) is 65.0 Å². The molecular weight excluding hydrogens is 212 g/mol. The van der Waals surface area contributed by atoms with E-state index in [1.807, 2.05) is 31.2 Å². The fourth-order valence-corrected chi connectivity index (χ4v) is 2.16. The summed E-state index contributed by atoms with van der Waals surface area (Å²) in [6, 6.07) is 7.37. The molecule has 0 unspecified atom stereocenters. The number of rotatable bonds is 0. The molecule has 0 aromatic heterocycles. The molecule has 0 saturated carbocycles. The van der Waals surface area contributed by atoms with E-state index >= 15 is 0 Å². The Balaban J connectivity index is 2.21. The number of carbonyl (C=O) groups excluding carboxylic acids is 1. The minimum absolute atomic E-state index is 0.0219. The number of fused-ring (bicyclic) bond motifs is 2. The van der Waals surface area contributed by atoms with E-state index in [9.17, 15) is 4.79 Å². The third kappa shape index (κ3) is 1.62. The zero-order chi connectivity index (χ0) is 11.8. The van der Waals surface area contributed by atoms with Crippen molar-refractivity contribution in [3.8, 4) is 5.75 Å². The second kappa shape index (κ2) is 3.74. The Morgan fingerprint density at radius 3 is 2.94 bits per heavy atom. The predicted octanol–water partition coefficient (Wildman–Crippen LogP) is 3.42. The van der Waals surface area contributed by atoms with Gasteiger partial charge in [0.05, 0.1) is 5.56 Å². The van der Waals surface area contributed by atoms with Gasteiger partial charge in [-0.1, -0.05) is 24.3 Å². The third-order valence-corrected chi connectivity index (χ3v) is 3.03. The van der Waals surface area contributed by atoms with Crippen LogP contribution in [0.2, 0.25) is 0 Å². The Labute approximate surface area is 99.9 Å². The molecule has 84 valence electrons. The van der Waals surface area contributed by atoms with Crippen molar-refractivity contribution in [1.29, 1.82) is 0 Å². The van der Waals surface area contributed by atoms with Crippen LogP contribution in [-0.2, 0) is 0 Å². The van der Waals surface area contributed by atoms with Gasteiger partial charge >= 0.3 is 0 Å². The van der Waals surface area contributed by atoms with Gasteiger partial charge in [-0.25, -0.2) is 0 Å². The van der Waals surface area contributed by atoms with Gasteiger partial charge in [-0.05, 0) is 37.1 Å². The molecular formula is C15H12O2. The van der Waals surface area contributed by atoms with Gasteiger partial charge in [-0.15, -0.1) is 0 Å². The van der Waals surface area contributed by atoms with Crippen LogP contribution in [0.1, 0.15) is 23.7 Å². The van der Waals surface area contributed by atoms with Gasteiger partial charge in [0.1, 0.15) is 11.5 Å². The normalized spacial score (nSPS) is 17.9. The highest BCUT2D eigenvalue weighted by Crippen LogP contribution is 2.33. The minimum atomic E-state index is 0.0219. The van der Waals surface area contributed by atoms with Crippen LogP contribution in [-0.4, -0.2) is 5.78 Å². The molecule has 2 nitrogen and oxygen atoms in total. The summed E-state index contributed by atoms with van der Waals surface area (Å²) >= 11 is 0. The standard InChI is InChI=1S/C15H12O2/c1-10-5-4-6-11-9-13(16)12-7-2-3-8-14(12)17-15(10)11/h2-5,7-9H,6H2,1H3. The van der Waals surface area contributed by atoms with Crippen LogP contribution in [0, 0.1) is 0 Å². The van der Waals surface area contributed by atoms with E-state index in [2.05, 4.69) is 6.08 Å². The number of benzene rings is 1. The molecule has 0 bridgehead atoms. The maximum atomic E-state index is 12.1. The van der Waals surface area contributed by atoms with Crippen LogP contribution in [0.25, 0.3) is 0 Å². The molecule has 0 radical (unpaired) electrons. The summed E-state index contributed by atoms with van der Waals surface area (Å²) in [5.41, 5.74) is 2.66. The van der Waals surface area contributed by atoms with E-state index in [-0.39, 0.29) is 5.78 Å². The molecule has 1 aliphatic carbocycles. The van der Waals surface area contributed by atoms with Crippen molar-refractivity contribution < 1.29 is 9.53 Å². The number of allylic oxidation sites excluding steroid dienone is 5. The van der Waals surface area contributed by atoms with Crippen LogP contribution in [0.15, 0.2) is 59.4 Å². The molecule has 17 heavy (non-hydrogen) atoms. The van der Waals surface area contributed by atoms with Gasteiger partial charge in [0.15, 0.2) is 5.78 Å². The van der Waals surface area contributed by atoms with Gasteiger partial charge in [0.2, 0.25) is 0 Å². The highest BCUT2D eigenvalue weighted by molar-refractivity contribution is 6.07. The zero-order valence-corrected chi connectivity index (χ0v) is 9.57. The highest BCUT2D eigenvalue weighted by Gasteiger charge is 2.22. The molecule has 0 spiro atoms. The molecule has 2 aliphatic rings. The molecule has 1 aliphatic heterocycles. The summed E-state index contributed by atoms with van der Waals surface area (Å²) in [7, 11) is 0. The largest absolute Gasteiger partial charge is 0.456 e. The van der Waals surface area contributed by atoms with E-state index in [0.717, 1.165) is 23.3 Å². The van der Waals surface area contributed by atoms with Crippen LogP contribution >= 0.6 is 0 Å². The molecule has 0 saturated heterocycles. The van der Waals surface area contributed by atoms with Gasteiger partial charge in [0, 0.05) is 5.57 Å². The lowest BCUT2D eigenvalue weighted by Gasteiger charge is -2.16. The lowest BCUT2D eigenvalue weighted by Crippen LogP contribution is -2.03. The van der Waals surface area contributed by atoms with Crippen molar-refractivity contribution in [2.45, 2.75) is 13.3 Å². The Hall–Kier alpha value is -2.09. The predicted molar refractivity (Wildman–Crippen MR) is 65.9 cm³/mol. The molecule has 0 amide bonds. The summed E-state index contributed by atoms with van der Waals surface area (Å²) in [5.74, 6) is 1.49. The molecule has 2 heteroatoms. The van der Waals surface area contributed by atoms with E-state index in [1.165, 1.54) is 0 Å². The Bertz CT molecular complexity index is 589. The van der Waals surface area contributed by atoms with Crippen molar-refractivity contribution in [1.82, 2.24) is 0 Å². The molecule has 1 heterocycles. The van der Waals surface area contributed by atoms with Crippen LogP contribution < -0.4 is 4.74 Å². The molecule has 1 aromatic rings. The molecule has 0 atom stereocenters. The summed E-state index contributed by atoms with van der Waals surface area (Å²) in [4.78, 5) is 12.1. The number of carbonyl (C=O) groups is 1. The van der Waals surface area contributed by atoms with Gasteiger partial charge < -0.3 is 4.74 Å². The number of ketones is 1. The zero-order valence-electron chi connectivity index (χ0n) is 9.57. The maximum Gasteiger partial charge on any atom is 0.190 e. The fourth-order valence-electron chi connectivity index (χ4n) is 2.16. The number of hydrogen-bond donors (Lipinski definition) is 0. The summed E-state index contributed by atoms with van der Waals surface area (Å²) in [5, 5.41) is 0. The monoisotopic (exact) mass is 224 g/mol. The Morgan fingerprint density at radius 2 is 2.06 bits per heavy atom. The molecule has 1 aromatic carbocycles. The Morgan fingerprint density at radius 1 is 1.24 bits per heavy atom. The number of para-hydroxylation sites is 1. The van der Waals surface area contributed by atoms with E-state index < -0.39 is 0 Å². The number of hydrogen-bond acceptors (Lipinski definition) is 2. The third-order valence-electron chi connectivity index (χ3n) is 3.03. The Kier molecular flexibility index (Phi) is 2.22. The first-order valence-corrected chi connectivity index (χ1v) is 5.65. The second-order valence-electron chi connectivity index (χ2n) is 4.25. The van der Waals surface area contributed by atoms with E-state index in [4.69, 9.17) is 4.74 Å². The van der Waals surface area contributed by atoms with Crippen molar-refractivity contribution in [2.75, 3.05) is 0 Å². The lowest BCUT2D eigenvalue weighted by molar-refractivity contribution is 0.104. The van der Waals surface area contributed by atoms with Crippen molar-refractivity contribution in [2.24, 2.45) is 0 Å². The first kappa shape index (κ1) is 10.1. The first-order valence-electron chi connectivity index (χ1n) is 5.65. The van der Waals surface area contributed by atoms with Crippen molar-refractivity contribution in [3.63, 3.8) is 0 Å². The van der Waals surface area contributed by atoms with E-state index in [1.54, 1.807) is 12.1 Å². The molecule has 0 N–H and O–H groups in total. The van der Waals surface area contributed by atoms with Gasteiger partial charge in [-0.3, -0.25) is 4.79 Å². The smallest absolute Gasteiger partial charge is 0.190 e. The van der Waals surface area contributed by atoms with Crippen LogP contribution in [0.5, 0.6) is 5.75 Å². The molecule has 3 rings (SSSR count). The summed E-state index contributed by atoms with van der Waals surface area (Å²) < 4.78 is 5.88. The number of ether oxygens (including phenoxy) is 1. The summed E-state index contributed by atoms with van der Waals surface area (Å²) in [6.07, 6.45) is 6.53. The average Bonchev–Trinajstić information content (AvgIpc) is 2.47. The first-order chi connectivity index (χ1) is 8.25. The second-order valence-corrected chi connectivity index (χ2v) is 4.25. The lowest BCUT2D eigenvalue weighted by atomic mass is 9.99. The highest BCUT2D eigenvalue weighted by atomic mass is 16.5. The topological polar surface area (TPSA) is 26.3 Å². The van der Waals surface area contributed by atoms with Crippen LogP contribution in [0.3, 0.4) is 0 Å². The SMILES string of the molecule is CC1=C2Oc3ccccc3C(=O)C=C2CC=C1. The van der Waals surface area contributed by atoms with Gasteiger partial charge in [-0.2, -0.15) is 0 Å². The molecule has 0 fully saturated rings. The summed E-state index contributed by atoms with van der Waals surface area (Å²) in [6.45, 7) is 2.00. The average molecular weight is 224 g/mol. The maximum absolute atomic E-state index is 12.1. The minimum Gasteiger partial charge on any atom is -0.456 e. The van der Waals surface area contributed by atoms with Gasteiger partial charge in [0.25, 0.3) is 0 Å². The fraction of sp³-hybridized carbons (Fsp3) is 0.133. The van der Waals surface area contributed by atoms with Crippen LogP contribution in [0.4, 0.5) is 0 Å². The van der Waals surface area contributed by atoms with Crippen molar-refractivity contribution >= 4 is 5.78 Å². The van der Waals surface area contributed by atoms with E-state index in [0.29, 0.717) is 11.3 Å². The quantitative estimate of drug-likeness (QED) is 0.675.